The second-order valence-corrected chi connectivity index (χ2v) is 8.01. The van der Waals surface area contributed by atoms with Crippen LogP contribution in [0.1, 0.15) is 32.1 Å². The first-order valence-electron chi connectivity index (χ1n) is 10.9. The molecule has 0 spiro atoms. The normalized spacial score (nSPS) is 10.9. The highest BCUT2D eigenvalue weighted by atomic mass is 16.2. The summed E-state index contributed by atoms with van der Waals surface area (Å²) in [5.74, 6) is -0.176. The summed E-state index contributed by atoms with van der Waals surface area (Å²) in [6.07, 6.45) is 6.74. The Morgan fingerprint density at radius 3 is 2.57 bits per heavy atom. The third-order valence-corrected chi connectivity index (χ3v) is 5.44. The van der Waals surface area contributed by atoms with Crippen LogP contribution in [0.3, 0.4) is 0 Å². The molecule has 4 heterocycles. The molecule has 2 amide bonds. The summed E-state index contributed by atoms with van der Waals surface area (Å²) in [7, 11) is 1.60. The van der Waals surface area contributed by atoms with Gasteiger partial charge in [-0.15, -0.1) is 0 Å². The monoisotopic (exact) mass is 466 g/mol. The Bertz CT molecular complexity index is 1520. The van der Waals surface area contributed by atoms with Crippen molar-refractivity contribution < 1.29 is 9.59 Å². The van der Waals surface area contributed by atoms with Crippen molar-refractivity contribution in [2.45, 2.75) is 13.5 Å². The summed E-state index contributed by atoms with van der Waals surface area (Å²) in [6.45, 7) is 2.17. The number of hydrogen-bond donors (Lipinski definition) is 2. The van der Waals surface area contributed by atoms with Gasteiger partial charge in [0, 0.05) is 31.2 Å². The highest BCUT2D eigenvalue weighted by Crippen LogP contribution is 2.19. The van der Waals surface area contributed by atoms with Gasteiger partial charge >= 0.3 is 0 Å². The van der Waals surface area contributed by atoms with Crippen LogP contribution in [0.15, 0.2) is 73.3 Å². The third-order valence-electron chi connectivity index (χ3n) is 5.44. The smallest absolute Gasteiger partial charge is 0.275 e. The molecular formula is C25H22N8O2. The number of anilines is 1. The summed E-state index contributed by atoms with van der Waals surface area (Å²) in [5.41, 5.74) is 3.76. The number of nitrogens with one attached hydrogen (secondary N) is 2. The molecule has 0 aliphatic rings. The van der Waals surface area contributed by atoms with Gasteiger partial charge in [0.2, 0.25) is 5.78 Å². The fourth-order valence-electron chi connectivity index (χ4n) is 3.61. The fourth-order valence-corrected chi connectivity index (χ4v) is 3.61. The van der Waals surface area contributed by atoms with Gasteiger partial charge in [0.15, 0.2) is 0 Å². The summed E-state index contributed by atoms with van der Waals surface area (Å²) in [6, 6.07) is 15.2. The minimum Gasteiger partial charge on any atom is -0.346 e. The number of carbonyl (C=O) groups excluding carboxylic acids is 2. The fraction of sp³-hybridized carbons (Fsp3) is 0.120. The topological polar surface area (TPSA) is 119 Å². The van der Waals surface area contributed by atoms with Crippen LogP contribution < -0.4 is 10.6 Å². The molecular weight excluding hydrogens is 444 g/mol. The number of amides is 2. The third kappa shape index (κ3) is 4.62. The van der Waals surface area contributed by atoms with E-state index < -0.39 is 11.8 Å². The van der Waals surface area contributed by atoms with E-state index in [0.717, 1.165) is 16.8 Å². The van der Waals surface area contributed by atoms with Gasteiger partial charge in [-0.1, -0.05) is 36.4 Å². The van der Waals surface area contributed by atoms with Gasteiger partial charge in [-0.05, 0) is 24.6 Å². The number of nitrogens with zero attached hydrogens (tertiary/aromatic N) is 6. The van der Waals surface area contributed by atoms with Gasteiger partial charge in [-0.3, -0.25) is 23.7 Å². The number of aromatic nitrogens is 6. The van der Waals surface area contributed by atoms with Crippen LogP contribution in [0.4, 0.5) is 5.82 Å². The van der Waals surface area contributed by atoms with E-state index in [0.29, 0.717) is 17.3 Å². The maximum Gasteiger partial charge on any atom is 0.275 e. The molecule has 0 fully saturated rings. The lowest BCUT2D eigenvalue weighted by molar-refractivity contribution is 0.0935. The summed E-state index contributed by atoms with van der Waals surface area (Å²) >= 11 is 0. The van der Waals surface area contributed by atoms with Crippen molar-refractivity contribution >= 4 is 23.4 Å². The summed E-state index contributed by atoms with van der Waals surface area (Å²) < 4.78 is 3.13. The Morgan fingerprint density at radius 2 is 1.80 bits per heavy atom. The van der Waals surface area contributed by atoms with E-state index in [2.05, 4.69) is 30.7 Å². The van der Waals surface area contributed by atoms with E-state index >= 15 is 0 Å². The van der Waals surface area contributed by atoms with Gasteiger partial charge in [0.1, 0.15) is 11.5 Å². The van der Waals surface area contributed by atoms with Crippen molar-refractivity contribution in [2.75, 3.05) is 5.32 Å². The number of rotatable bonds is 6. The first-order valence-corrected chi connectivity index (χ1v) is 10.9. The van der Waals surface area contributed by atoms with Crippen molar-refractivity contribution in [1.82, 2.24) is 34.4 Å². The Morgan fingerprint density at radius 1 is 0.971 bits per heavy atom. The SMILES string of the molecule is Cc1ccc(CNC(=O)c2cnn(C)c2C(=O)Nc2ccn3cc(-c4ccccc4)nc3n2)nc1. The maximum atomic E-state index is 13.1. The average Bonchev–Trinajstić information content (AvgIpc) is 3.47. The van der Waals surface area contributed by atoms with Crippen LogP contribution in [-0.4, -0.2) is 40.9 Å². The number of fused-ring (bicyclic) bond motifs is 1. The molecule has 0 atom stereocenters. The number of hydrogen-bond acceptors (Lipinski definition) is 6. The minimum absolute atomic E-state index is 0.120. The predicted molar refractivity (Wildman–Crippen MR) is 130 cm³/mol. The van der Waals surface area contributed by atoms with E-state index in [4.69, 9.17) is 0 Å². The van der Waals surface area contributed by atoms with Crippen molar-refractivity contribution in [1.29, 1.82) is 0 Å². The zero-order valence-corrected chi connectivity index (χ0v) is 19.1. The number of imidazole rings is 1. The van der Waals surface area contributed by atoms with Crippen molar-refractivity contribution in [2.24, 2.45) is 7.05 Å². The molecule has 5 rings (SSSR count). The highest BCUT2D eigenvalue weighted by molar-refractivity contribution is 6.10. The maximum absolute atomic E-state index is 13.1. The molecule has 2 N–H and O–H groups in total. The molecule has 35 heavy (non-hydrogen) atoms. The first-order chi connectivity index (χ1) is 17.0. The molecule has 0 aliphatic heterocycles. The standard InChI is InChI=1S/C25H22N8O2/c1-16-8-9-18(26-12-16)13-27-23(34)19-14-28-32(2)22(19)24(35)30-21-10-11-33-15-20(29-25(33)31-21)17-6-4-3-5-7-17/h3-12,14-15H,13H2,1-2H3,(H,27,34)(H,29,30,31,35). The molecule has 4 aromatic heterocycles. The molecule has 0 saturated carbocycles. The molecule has 174 valence electrons. The van der Waals surface area contributed by atoms with E-state index in [1.165, 1.54) is 10.9 Å². The molecule has 0 radical (unpaired) electrons. The lowest BCUT2D eigenvalue weighted by atomic mass is 10.2. The summed E-state index contributed by atoms with van der Waals surface area (Å²) in [4.78, 5) is 39.1. The largest absolute Gasteiger partial charge is 0.346 e. The van der Waals surface area contributed by atoms with Crippen LogP contribution in [0.25, 0.3) is 17.0 Å². The Labute approximate surface area is 200 Å². The summed E-state index contributed by atoms with van der Waals surface area (Å²) in [5, 5.41) is 9.63. The number of pyridine rings is 1. The molecule has 10 heteroatoms. The van der Waals surface area contributed by atoms with Gasteiger partial charge in [-0.25, -0.2) is 4.98 Å². The number of benzene rings is 1. The zero-order valence-electron chi connectivity index (χ0n) is 19.1. The molecule has 10 nitrogen and oxygen atoms in total. The van der Waals surface area contributed by atoms with Crippen LogP contribution in [0.2, 0.25) is 0 Å². The molecule has 0 bridgehead atoms. The molecule has 5 aromatic rings. The van der Waals surface area contributed by atoms with Crippen LogP contribution in [0.5, 0.6) is 0 Å². The average molecular weight is 467 g/mol. The Hall–Kier alpha value is -4.86. The zero-order chi connectivity index (χ0) is 24.4. The van der Waals surface area contributed by atoms with E-state index in [-0.39, 0.29) is 17.8 Å². The van der Waals surface area contributed by atoms with Crippen molar-refractivity contribution in [3.8, 4) is 11.3 Å². The second-order valence-electron chi connectivity index (χ2n) is 8.01. The molecule has 0 unspecified atom stereocenters. The van der Waals surface area contributed by atoms with E-state index in [9.17, 15) is 9.59 Å². The van der Waals surface area contributed by atoms with Crippen molar-refractivity contribution in [3.05, 3.63) is 95.8 Å². The van der Waals surface area contributed by atoms with E-state index in [1.807, 2.05) is 55.6 Å². The number of aryl methyl sites for hydroxylation is 2. The van der Waals surface area contributed by atoms with Crippen LogP contribution >= 0.6 is 0 Å². The Balaban J connectivity index is 1.33. The van der Waals surface area contributed by atoms with Crippen LogP contribution in [0, 0.1) is 6.92 Å². The van der Waals surface area contributed by atoms with Gasteiger partial charge in [0.05, 0.1) is 29.7 Å². The predicted octanol–water partition coefficient (Wildman–Crippen LogP) is 3.02. The van der Waals surface area contributed by atoms with Gasteiger partial charge in [-0.2, -0.15) is 10.1 Å². The minimum atomic E-state index is -0.504. The van der Waals surface area contributed by atoms with E-state index in [1.54, 1.807) is 29.9 Å². The Kier molecular flexibility index (Phi) is 5.76. The molecule has 0 aliphatic carbocycles. The van der Waals surface area contributed by atoms with Gasteiger partial charge in [0.25, 0.3) is 11.8 Å². The molecule has 1 aromatic carbocycles. The van der Waals surface area contributed by atoms with Crippen LogP contribution in [-0.2, 0) is 13.6 Å². The molecule has 0 saturated heterocycles. The first kappa shape index (κ1) is 22.0. The highest BCUT2D eigenvalue weighted by Gasteiger charge is 2.22. The van der Waals surface area contributed by atoms with Gasteiger partial charge < -0.3 is 10.6 Å². The lowest BCUT2D eigenvalue weighted by Crippen LogP contribution is -2.27. The van der Waals surface area contributed by atoms with Crippen molar-refractivity contribution in [3.63, 3.8) is 0 Å². The number of carbonyl (C=O) groups is 2. The second kappa shape index (κ2) is 9.18. The lowest BCUT2D eigenvalue weighted by Gasteiger charge is -2.08. The quantitative estimate of drug-likeness (QED) is 0.397.